The Morgan fingerprint density at radius 3 is 2.49 bits per heavy atom. The van der Waals surface area contributed by atoms with Gasteiger partial charge in [-0.25, -0.2) is 4.68 Å². The van der Waals surface area contributed by atoms with Crippen molar-refractivity contribution >= 4 is 28.5 Å². The predicted molar refractivity (Wildman–Crippen MR) is 158 cm³/mol. The molecular weight excluding hydrogens is 550 g/mol. The van der Waals surface area contributed by atoms with E-state index in [2.05, 4.69) is 15.6 Å². The first-order valence-electron chi connectivity index (χ1n) is 13.6. The summed E-state index contributed by atoms with van der Waals surface area (Å²) < 4.78 is 23.4. The maximum atomic E-state index is 14.2. The number of carbonyl (C=O) groups excluding carboxylic acids is 2. The van der Waals surface area contributed by atoms with Gasteiger partial charge in [-0.1, -0.05) is 53.7 Å². The molecule has 11 heteroatoms. The van der Waals surface area contributed by atoms with Crippen LogP contribution in [0.4, 0.5) is 5.69 Å². The fourth-order valence-electron chi connectivity index (χ4n) is 5.04. The van der Waals surface area contributed by atoms with Gasteiger partial charge < -0.3 is 29.2 Å². The second kappa shape index (κ2) is 12.1. The number of fused-ring (bicyclic) bond motifs is 2. The summed E-state index contributed by atoms with van der Waals surface area (Å²) in [5.41, 5.74) is 3.25. The molecule has 1 aromatic heterocycles. The minimum Gasteiger partial charge on any atom is -0.493 e. The number of methoxy groups -OCH3 is 2. The Labute approximate surface area is 247 Å². The van der Waals surface area contributed by atoms with Gasteiger partial charge in [-0.15, -0.1) is 5.10 Å². The summed E-state index contributed by atoms with van der Waals surface area (Å²) in [6.45, 7) is 0.131. The van der Waals surface area contributed by atoms with Crippen molar-refractivity contribution in [2.75, 3.05) is 26.3 Å². The minimum absolute atomic E-state index is 0.108. The Morgan fingerprint density at radius 2 is 1.67 bits per heavy atom. The number of rotatable bonds is 10. The highest BCUT2D eigenvalue weighted by atomic mass is 16.7. The van der Waals surface area contributed by atoms with Crippen LogP contribution in [0, 0.1) is 0 Å². The van der Waals surface area contributed by atoms with Crippen molar-refractivity contribution in [1.82, 2.24) is 19.9 Å². The second-order valence-corrected chi connectivity index (χ2v) is 9.82. The van der Waals surface area contributed by atoms with E-state index in [1.165, 1.54) is 23.8 Å². The summed E-state index contributed by atoms with van der Waals surface area (Å²) in [6, 6.07) is 26.1. The molecule has 5 aromatic rings. The van der Waals surface area contributed by atoms with Crippen LogP contribution in [0.2, 0.25) is 0 Å². The van der Waals surface area contributed by atoms with Crippen molar-refractivity contribution < 1.29 is 28.5 Å². The van der Waals surface area contributed by atoms with Crippen LogP contribution in [0.15, 0.2) is 91.0 Å². The lowest BCUT2D eigenvalue weighted by Gasteiger charge is -2.32. The summed E-state index contributed by atoms with van der Waals surface area (Å²) in [4.78, 5) is 30.0. The van der Waals surface area contributed by atoms with Gasteiger partial charge in [-0.3, -0.25) is 9.59 Å². The molecule has 0 saturated heterocycles. The third kappa shape index (κ3) is 5.78. The molecule has 11 nitrogen and oxygen atoms in total. The van der Waals surface area contributed by atoms with E-state index in [1.54, 1.807) is 36.4 Å². The number of amides is 2. The number of anilines is 1. The number of ether oxygens (including phenoxy) is 4. The second-order valence-electron chi connectivity index (χ2n) is 9.82. The number of hydrogen-bond donors (Lipinski definition) is 1. The summed E-state index contributed by atoms with van der Waals surface area (Å²) in [5, 5.41) is 11.4. The molecule has 6 rings (SSSR count). The van der Waals surface area contributed by atoms with Crippen LogP contribution in [0.3, 0.4) is 0 Å². The van der Waals surface area contributed by atoms with Crippen LogP contribution in [0.5, 0.6) is 23.0 Å². The number of aromatic nitrogens is 3. The van der Waals surface area contributed by atoms with Crippen molar-refractivity contribution in [1.29, 1.82) is 0 Å². The van der Waals surface area contributed by atoms with E-state index < -0.39 is 11.9 Å². The van der Waals surface area contributed by atoms with Crippen molar-refractivity contribution in [3.63, 3.8) is 0 Å². The van der Waals surface area contributed by atoms with Gasteiger partial charge >= 0.3 is 0 Å². The SMILES string of the molecule is COc1ccc(C(C(=O)Nc2ccc3c(c2)OCO3)N(Cc2ccccc2)C(=O)Cn2nnc3ccccc32)cc1OC. The lowest BCUT2D eigenvalue weighted by Crippen LogP contribution is -2.42. The summed E-state index contributed by atoms with van der Waals surface area (Å²) >= 11 is 0. The van der Waals surface area contributed by atoms with E-state index in [1.807, 2.05) is 54.6 Å². The molecule has 1 aliphatic heterocycles. The minimum atomic E-state index is -1.06. The molecule has 2 amide bonds. The molecule has 43 heavy (non-hydrogen) atoms. The van der Waals surface area contributed by atoms with Crippen molar-refractivity contribution in [3.05, 3.63) is 102 Å². The van der Waals surface area contributed by atoms with Gasteiger partial charge in [-0.2, -0.15) is 0 Å². The summed E-state index contributed by atoms with van der Waals surface area (Å²) in [5.74, 6) is 1.27. The zero-order valence-electron chi connectivity index (χ0n) is 23.6. The van der Waals surface area contributed by atoms with Gasteiger partial charge in [0.25, 0.3) is 5.91 Å². The molecule has 0 fully saturated rings. The summed E-state index contributed by atoms with van der Waals surface area (Å²) in [7, 11) is 3.06. The first-order valence-corrected chi connectivity index (χ1v) is 13.6. The molecule has 0 spiro atoms. The lowest BCUT2D eigenvalue weighted by molar-refractivity contribution is -0.140. The highest BCUT2D eigenvalue weighted by Crippen LogP contribution is 2.36. The van der Waals surface area contributed by atoms with Gasteiger partial charge in [-0.05, 0) is 47.5 Å². The molecule has 0 saturated carbocycles. The normalized spacial score (nSPS) is 12.5. The highest BCUT2D eigenvalue weighted by Gasteiger charge is 2.33. The van der Waals surface area contributed by atoms with Gasteiger partial charge in [0.05, 0.1) is 19.7 Å². The van der Waals surface area contributed by atoms with Crippen molar-refractivity contribution in [2.24, 2.45) is 0 Å². The van der Waals surface area contributed by atoms with Crippen LogP contribution < -0.4 is 24.3 Å². The van der Waals surface area contributed by atoms with E-state index >= 15 is 0 Å². The topological polar surface area (TPSA) is 117 Å². The van der Waals surface area contributed by atoms with Crippen LogP contribution in [-0.2, 0) is 22.7 Å². The Morgan fingerprint density at radius 1 is 0.907 bits per heavy atom. The number of carbonyl (C=O) groups is 2. The molecule has 0 bridgehead atoms. The zero-order chi connectivity index (χ0) is 29.8. The smallest absolute Gasteiger partial charge is 0.251 e. The van der Waals surface area contributed by atoms with E-state index in [0.717, 1.165) is 5.56 Å². The van der Waals surface area contributed by atoms with Gasteiger partial charge in [0.1, 0.15) is 18.1 Å². The standard InChI is InChI=1S/C32H29N5O6/c1-40-26-14-12-22(16-28(26)41-2)31(32(39)33-23-13-15-27-29(17-23)43-20-42-27)36(18-21-8-4-3-5-9-21)30(38)19-37-25-11-7-6-10-24(25)34-35-37/h3-17,31H,18-20H2,1-2H3,(H,33,39). The fraction of sp³-hybridized carbons (Fsp3) is 0.188. The largest absolute Gasteiger partial charge is 0.493 e. The average Bonchev–Trinajstić information content (AvgIpc) is 3.68. The van der Waals surface area contributed by atoms with E-state index in [4.69, 9.17) is 18.9 Å². The van der Waals surface area contributed by atoms with E-state index in [9.17, 15) is 9.59 Å². The zero-order valence-corrected chi connectivity index (χ0v) is 23.6. The quantitative estimate of drug-likeness (QED) is 0.256. The molecule has 4 aromatic carbocycles. The average molecular weight is 580 g/mol. The van der Waals surface area contributed by atoms with Crippen LogP contribution in [0.1, 0.15) is 17.2 Å². The van der Waals surface area contributed by atoms with E-state index in [-0.39, 0.29) is 25.8 Å². The van der Waals surface area contributed by atoms with Crippen LogP contribution in [-0.4, -0.2) is 52.7 Å². The molecule has 1 atom stereocenters. The Balaban J connectivity index is 1.41. The maximum Gasteiger partial charge on any atom is 0.251 e. The summed E-state index contributed by atoms with van der Waals surface area (Å²) in [6.07, 6.45) is 0. The van der Waals surface area contributed by atoms with Crippen LogP contribution >= 0.6 is 0 Å². The molecule has 1 aliphatic rings. The predicted octanol–water partition coefficient (Wildman–Crippen LogP) is 4.59. The molecule has 218 valence electrons. The highest BCUT2D eigenvalue weighted by molar-refractivity contribution is 5.98. The molecule has 1 unspecified atom stereocenters. The Kier molecular flexibility index (Phi) is 7.77. The lowest BCUT2D eigenvalue weighted by atomic mass is 10.0. The molecule has 2 heterocycles. The molecule has 0 radical (unpaired) electrons. The monoisotopic (exact) mass is 579 g/mol. The maximum absolute atomic E-state index is 14.2. The third-order valence-electron chi connectivity index (χ3n) is 7.14. The third-order valence-corrected chi connectivity index (χ3v) is 7.14. The number of nitrogens with one attached hydrogen (secondary N) is 1. The van der Waals surface area contributed by atoms with Gasteiger partial charge in [0.2, 0.25) is 12.7 Å². The molecule has 1 N–H and O–H groups in total. The Hall–Kier alpha value is -5.58. The Bertz CT molecular complexity index is 1770. The fourth-order valence-corrected chi connectivity index (χ4v) is 5.04. The van der Waals surface area contributed by atoms with Crippen molar-refractivity contribution in [3.8, 4) is 23.0 Å². The number of nitrogens with zero attached hydrogens (tertiary/aromatic N) is 4. The molecule has 0 aliphatic carbocycles. The number of hydrogen-bond acceptors (Lipinski definition) is 8. The first-order chi connectivity index (χ1) is 21.0. The number of benzene rings is 4. The van der Waals surface area contributed by atoms with Crippen LogP contribution in [0.25, 0.3) is 11.0 Å². The number of para-hydroxylation sites is 1. The van der Waals surface area contributed by atoms with Gasteiger partial charge in [0.15, 0.2) is 23.0 Å². The first kappa shape index (κ1) is 27.6. The molecular formula is C32H29N5O6. The van der Waals surface area contributed by atoms with Gasteiger partial charge in [0, 0.05) is 18.3 Å². The van der Waals surface area contributed by atoms with Crippen molar-refractivity contribution in [2.45, 2.75) is 19.1 Å². The van der Waals surface area contributed by atoms with E-state index in [0.29, 0.717) is 45.3 Å².